The largest absolute Gasteiger partial charge is 0.491 e. The molecule has 174 valence electrons. The van der Waals surface area contributed by atoms with Crippen molar-refractivity contribution in [3.63, 3.8) is 0 Å². The first-order chi connectivity index (χ1) is 15.7. The summed E-state index contributed by atoms with van der Waals surface area (Å²) < 4.78 is 33.4. The Morgan fingerprint density at radius 1 is 0.970 bits per heavy atom. The molecule has 3 aromatic rings. The number of rotatable bonds is 9. The normalized spacial score (nSPS) is 11.2. The number of amides is 1. The van der Waals surface area contributed by atoms with Gasteiger partial charge in [-0.1, -0.05) is 41.4 Å². The van der Waals surface area contributed by atoms with Crippen molar-refractivity contribution in [2.75, 3.05) is 24.0 Å². The molecule has 3 rings (SSSR count). The zero-order chi connectivity index (χ0) is 24.0. The second-order valence-corrected chi connectivity index (χ2v) is 10.1. The van der Waals surface area contributed by atoms with E-state index in [1.54, 1.807) is 18.2 Å². The summed E-state index contributed by atoms with van der Waals surface area (Å²) >= 11 is 12.0. The quantitative estimate of drug-likeness (QED) is 0.414. The number of halogens is 2. The van der Waals surface area contributed by atoms with Gasteiger partial charge in [-0.2, -0.15) is 0 Å². The molecule has 0 heterocycles. The van der Waals surface area contributed by atoms with Crippen molar-refractivity contribution in [3.8, 4) is 5.75 Å². The van der Waals surface area contributed by atoms with Crippen molar-refractivity contribution in [3.05, 3.63) is 87.9 Å². The number of hydrogen-bond acceptors (Lipinski definition) is 4. The molecular formula is C24H24Cl2N2O4S. The van der Waals surface area contributed by atoms with Crippen LogP contribution < -0.4 is 14.4 Å². The Balaban J connectivity index is 1.71. The number of ether oxygens (including phenoxy) is 1. The maximum Gasteiger partial charge on any atom is 0.264 e. The van der Waals surface area contributed by atoms with Crippen LogP contribution in [0, 0.1) is 13.8 Å². The topological polar surface area (TPSA) is 75.7 Å². The molecular weight excluding hydrogens is 483 g/mol. The van der Waals surface area contributed by atoms with Gasteiger partial charge in [0.15, 0.2) is 0 Å². The van der Waals surface area contributed by atoms with Gasteiger partial charge in [-0.05, 0) is 73.5 Å². The Morgan fingerprint density at radius 2 is 1.67 bits per heavy atom. The molecule has 6 nitrogen and oxygen atoms in total. The molecule has 0 atom stereocenters. The molecule has 0 spiro atoms. The van der Waals surface area contributed by atoms with Crippen molar-refractivity contribution in [2.24, 2.45) is 0 Å². The van der Waals surface area contributed by atoms with Crippen LogP contribution in [0.1, 0.15) is 11.1 Å². The Hall–Kier alpha value is -2.74. The van der Waals surface area contributed by atoms with Gasteiger partial charge in [0.05, 0.1) is 17.1 Å². The van der Waals surface area contributed by atoms with Crippen molar-refractivity contribution in [2.45, 2.75) is 18.7 Å². The fraction of sp³-hybridized carbons (Fsp3) is 0.208. The number of nitrogens with zero attached hydrogens (tertiary/aromatic N) is 1. The van der Waals surface area contributed by atoms with E-state index < -0.39 is 22.5 Å². The Bertz CT molecular complexity index is 1230. The van der Waals surface area contributed by atoms with Crippen molar-refractivity contribution < 1.29 is 17.9 Å². The van der Waals surface area contributed by atoms with Gasteiger partial charge in [0, 0.05) is 10.0 Å². The number of nitrogens with one attached hydrogen (secondary N) is 1. The third kappa shape index (κ3) is 6.41. The van der Waals surface area contributed by atoms with Crippen molar-refractivity contribution in [1.29, 1.82) is 0 Å². The highest BCUT2D eigenvalue weighted by molar-refractivity contribution is 7.92. The summed E-state index contributed by atoms with van der Waals surface area (Å²) in [7, 11) is -4.04. The highest BCUT2D eigenvalue weighted by Gasteiger charge is 2.27. The average molecular weight is 507 g/mol. The van der Waals surface area contributed by atoms with Gasteiger partial charge < -0.3 is 10.1 Å². The SMILES string of the molecule is Cc1cccc(OCCNC(=O)CN(c2cccc(Cl)c2)S(=O)(=O)c2ccc(Cl)cc2)c1C. The van der Waals surface area contributed by atoms with Crippen LogP contribution in [-0.2, 0) is 14.8 Å². The van der Waals surface area contributed by atoms with Crippen LogP contribution in [-0.4, -0.2) is 34.0 Å². The third-order valence-electron chi connectivity index (χ3n) is 5.02. The van der Waals surface area contributed by atoms with E-state index in [0.29, 0.717) is 10.0 Å². The molecule has 0 radical (unpaired) electrons. The summed E-state index contributed by atoms with van der Waals surface area (Å²) in [6.07, 6.45) is 0. The van der Waals surface area contributed by atoms with Crippen LogP contribution in [0.5, 0.6) is 5.75 Å². The monoisotopic (exact) mass is 506 g/mol. The molecule has 0 bridgehead atoms. The molecule has 0 fully saturated rings. The summed E-state index contributed by atoms with van der Waals surface area (Å²) in [6, 6.07) is 17.8. The molecule has 1 N–H and O–H groups in total. The molecule has 0 aliphatic rings. The summed E-state index contributed by atoms with van der Waals surface area (Å²) in [5.74, 6) is 0.271. The standard InChI is InChI=1S/C24H24Cl2N2O4S/c1-17-5-3-8-23(18(17)2)32-14-13-27-24(29)16-28(21-7-4-6-20(26)15-21)33(30,31)22-11-9-19(25)10-12-22/h3-12,15H,13-14,16H2,1-2H3,(H,27,29). The first kappa shape index (κ1) is 24.9. The van der Waals surface area contributed by atoms with Crippen LogP contribution >= 0.6 is 23.2 Å². The van der Waals surface area contributed by atoms with E-state index in [4.69, 9.17) is 27.9 Å². The molecule has 0 saturated heterocycles. The predicted octanol–water partition coefficient (Wildman–Crippen LogP) is 5.00. The number of benzene rings is 3. The van der Waals surface area contributed by atoms with E-state index in [-0.39, 0.29) is 23.7 Å². The van der Waals surface area contributed by atoms with Gasteiger partial charge >= 0.3 is 0 Å². The highest BCUT2D eigenvalue weighted by atomic mass is 35.5. The predicted molar refractivity (Wildman–Crippen MR) is 132 cm³/mol. The first-order valence-corrected chi connectivity index (χ1v) is 12.4. The van der Waals surface area contributed by atoms with E-state index in [1.165, 1.54) is 30.3 Å². The van der Waals surface area contributed by atoms with E-state index in [1.807, 2.05) is 32.0 Å². The highest BCUT2D eigenvalue weighted by Crippen LogP contribution is 2.27. The van der Waals surface area contributed by atoms with E-state index >= 15 is 0 Å². The zero-order valence-corrected chi connectivity index (χ0v) is 20.5. The lowest BCUT2D eigenvalue weighted by Gasteiger charge is -2.24. The van der Waals surface area contributed by atoms with Crippen molar-refractivity contribution in [1.82, 2.24) is 5.32 Å². The molecule has 33 heavy (non-hydrogen) atoms. The summed E-state index contributed by atoms with van der Waals surface area (Å²) in [5, 5.41) is 3.47. The number of aryl methyl sites for hydroxylation is 1. The van der Waals surface area contributed by atoms with E-state index in [2.05, 4.69) is 5.32 Å². The van der Waals surface area contributed by atoms with Gasteiger partial charge in [0.25, 0.3) is 10.0 Å². The summed E-state index contributed by atoms with van der Waals surface area (Å²) in [5.41, 5.74) is 2.42. The van der Waals surface area contributed by atoms with Crippen LogP contribution in [0.15, 0.2) is 71.6 Å². The third-order valence-corrected chi connectivity index (χ3v) is 7.30. The van der Waals surface area contributed by atoms with Gasteiger partial charge in [-0.3, -0.25) is 9.10 Å². The average Bonchev–Trinajstić information content (AvgIpc) is 2.78. The molecule has 3 aromatic carbocycles. The van der Waals surface area contributed by atoms with Gasteiger partial charge in [-0.15, -0.1) is 0 Å². The second kappa shape index (κ2) is 10.9. The van der Waals surface area contributed by atoms with Gasteiger partial charge in [-0.25, -0.2) is 8.42 Å². The molecule has 0 saturated carbocycles. The lowest BCUT2D eigenvalue weighted by molar-refractivity contribution is -0.119. The first-order valence-electron chi connectivity index (χ1n) is 10.2. The molecule has 0 aliphatic carbocycles. The fourth-order valence-electron chi connectivity index (χ4n) is 3.10. The number of anilines is 1. The smallest absolute Gasteiger partial charge is 0.264 e. The van der Waals surface area contributed by atoms with Crippen LogP contribution in [0.2, 0.25) is 10.0 Å². The van der Waals surface area contributed by atoms with Gasteiger partial charge in [0.2, 0.25) is 5.91 Å². The number of carbonyl (C=O) groups is 1. The van der Waals surface area contributed by atoms with Crippen LogP contribution in [0.4, 0.5) is 5.69 Å². The van der Waals surface area contributed by atoms with E-state index in [9.17, 15) is 13.2 Å². The molecule has 0 aliphatic heterocycles. The number of sulfonamides is 1. The summed E-state index contributed by atoms with van der Waals surface area (Å²) in [4.78, 5) is 12.7. The minimum atomic E-state index is -4.04. The van der Waals surface area contributed by atoms with E-state index in [0.717, 1.165) is 21.2 Å². The molecule has 1 amide bonds. The number of hydrogen-bond donors (Lipinski definition) is 1. The molecule has 0 aromatic heterocycles. The van der Waals surface area contributed by atoms with Crippen molar-refractivity contribution >= 4 is 44.8 Å². The lowest BCUT2D eigenvalue weighted by atomic mass is 10.1. The maximum atomic E-state index is 13.3. The Kier molecular flexibility index (Phi) is 8.24. The maximum absolute atomic E-state index is 13.3. The van der Waals surface area contributed by atoms with Crippen LogP contribution in [0.25, 0.3) is 0 Å². The molecule has 0 unspecified atom stereocenters. The minimum Gasteiger partial charge on any atom is -0.491 e. The Morgan fingerprint density at radius 3 is 2.36 bits per heavy atom. The fourth-order valence-corrected chi connectivity index (χ4v) is 4.82. The van der Waals surface area contributed by atoms with Crippen LogP contribution in [0.3, 0.4) is 0 Å². The zero-order valence-electron chi connectivity index (χ0n) is 18.2. The van der Waals surface area contributed by atoms with Gasteiger partial charge in [0.1, 0.15) is 18.9 Å². The Labute approximate surface area is 204 Å². The minimum absolute atomic E-state index is 0.0120. The second-order valence-electron chi connectivity index (χ2n) is 7.34. The molecule has 9 heteroatoms. The number of carbonyl (C=O) groups excluding carboxylic acids is 1. The lowest BCUT2D eigenvalue weighted by Crippen LogP contribution is -2.41. The summed E-state index contributed by atoms with van der Waals surface area (Å²) in [6.45, 7) is 4.01.